The lowest BCUT2D eigenvalue weighted by Gasteiger charge is -2.04. The summed E-state index contributed by atoms with van der Waals surface area (Å²) in [7, 11) is 0. The first-order valence-corrected chi connectivity index (χ1v) is 5.20. The summed E-state index contributed by atoms with van der Waals surface area (Å²) in [5.74, 6) is 0.149. The van der Waals surface area contributed by atoms with Gasteiger partial charge < -0.3 is 10.5 Å². The van der Waals surface area contributed by atoms with E-state index in [0.717, 1.165) is 22.1 Å². The number of benzene rings is 2. The van der Waals surface area contributed by atoms with Gasteiger partial charge in [0.1, 0.15) is 18.3 Å². The van der Waals surface area contributed by atoms with Gasteiger partial charge in [-0.15, -0.1) is 0 Å². The second-order valence-electron chi connectivity index (χ2n) is 4.00. The second kappa shape index (κ2) is 3.23. The lowest BCUT2D eigenvalue weighted by Crippen LogP contribution is -2.22. The average molecular weight is 213 g/mol. The van der Waals surface area contributed by atoms with Gasteiger partial charge >= 0.3 is 0 Å². The van der Waals surface area contributed by atoms with Gasteiger partial charge in [-0.2, -0.15) is 0 Å². The van der Waals surface area contributed by atoms with Crippen LogP contribution >= 0.6 is 0 Å². The van der Waals surface area contributed by atoms with Gasteiger partial charge in [0.05, 0.1) is 0 Å². The van der Waals surface area contributed by atoms with Gasteiger partial charge in [-0.3, -0.25) is 4.79 Å². The van der Waals surface area contributed by atoms with Crippen LogP contribution in [-0.4, -0.2) is 12.5 Å². The Morgan fingerprint density at radius 2 is 1.94 bits per heavy atom. The topological polar surface area (TPSA) is 52.3 Å². The summed E-state index contributed by atoms with van der Waals surface area (Å²) in [6, 6.07) is 12.0. The highest BCUT2D eigenvalue weighted by molar-refractivity contribution is 5.90. The summed E-state index contributed by atoms with van der Waals surface area (Å²) in [6.45, 7) is 0.362. The number of amides is 1. The van der Waals surface area contributed by atoms with E-state index >= 15 is 0 Å². The van der Waals surface area contributed by atoms with E-state index in [1.54, 1.807) is 0 Å². The van der Waals surface area contributed by atoms with Gasteiger partial charge in [0.2, 0.25) is 5.91 Å². The fourth-order valence-electron chi connectivity index (χ4n) is 2.13. The summed E-state index contributed by atoms with van der Waals surface area (Å²) in [6.07, 6.45) is 0. The molecule has 1 aliphatic rings. The fraction of sp³-hybridized carbons (Fsp3) is 0.154. The van der Waals surface area contributed by atoms with E-state index in [1.807, 2.05) is 36.4 Å². The molecule has 1 amide bonds. The van der Waals surface area contributed by atoms with Crippen molar-refractivity contribution in [1.82, 2.24) is 0 Å². The van der Waals surface area contributed by atoms with Gasteiger partial charge in [0, 0.05) is 5.56 Å². The third kappa shape index (κ3) is 1.25. The highest BCUT2D eigenvalue weighted by Crippen LogP contribution is 2.36. The van der Waals surface area contributed by atoms with E-state index in [0.29, 0.717) is 6.61 Å². The maximum absolute atomic E-state index is 11.2. The molecule has 3 nitrogen and oxygen atoms in total. The second-order valence-corrected chi connectivity index (χ2v) is 4.00. The quantitative estimate of drug-likeness (QED) is 0.785. The van der Waals surface area contributed by atoms with Crippen LogP contribution in [0.2, 0.25) is 0 Å². The minimum atomic E-state index is -0.325. The Morgan fingerprint density at radius 1 is 1.25 bits per heavy atom. The Bertz CT molecular complexity index is 577. The Labute approximate surface area is 92.8 Å². The number of ether oxygens (including phenoxy) is 1. The molecule has 0 fully saturated rings. The Morgan fingerprint density at radius 3 is 2.62 bits per heavy atom. The normalized spacial score (nSPS) is 18.1. The Balaban J connectivity index is 2.23. The minimum absolute atomic E-state index is 0.306. The highest BCUT2D eigenvalue weighted by atomic mass is 16.5. The van der Waals surface area contributed by atoms with Crippen LogP contribution in [0.1, 0.15) is 11.5 Å². The third-order valence-electron chi connectivity index (χ3n) is 3.00. The number of carbonyl (C=O) groups excluding carboxylic acids is 1. The van der Waals surface area contributed by atoms with Crippen molar-refractivity contribution < 1.29 is 9.53 Å². The molecule has 0 radical (unpaired) electrons. The largest absolute Gasteiger partial charge is 0.492 e. The van der Waals surface area contributed by atoms with Gasteiger partial charge in [-0.1, -0.05) is 24.3 Å². The van der Waals surface area contributed by atoms with Crippen LogP contribution in [0.3, 0.4) is 0 Å². The Kier molecular flexibility index (Phi) is 1.86. The molecular weight excluding hydrogens is 202 g/mol. The third-order valence-corrected chi connectivity index (χ3v) is 3.00. The summed E-state index contributed by atoms with van der Waals surface area (Å²) in [5.41, 5.74) is 6.25. The van der Waals surface area contributed by atoms with Crippen LogP contribution in [0.4, 0.5) is 0 Å². The van der Waals surface area contributed by atoms with Crippen molar-refractivity contribution in [1.29, 1.82) is 0 Å². The number of nitrogens with two attached hydrogens (primary N) is 1. The molecule has 1 heterocycles. The van der Waals surface area contributed by atoms with Crippen LogP contribution in [0.15, 0.2) is 36.4 Å². The minimum Gasteiger partial charge on any atom is -0.492 e. The first-order valence-electron chi connectivity index (χ1n) is 5.20. The van der Waals surface area contributed by atoms with Crippen LogP contribution in [0, 0.1) is 0 Å². The molecule has 2 aromatic carbocycles. The van der Waals surface area contributed by atoms with Crippen LogP contribution < -0.4 is 10.5 Å². The van der Waals surface area contributed by atoms with Crippen molar-refractivity contribution in [2.45, 2.75) is 5.92 Å². The number of hydrogen-bond acceptors (Lipinski definition) is 2. The van der Waals surface area contributed by atoms with Crippen LogP contribution in [0.5, 0.6) is 5.75 Å². The molecule has 0 saturated heterocycles. The van der Waals surface area contributed by atoms with Gasteiger partial charge in [0.15, 0.2) is 0 Å². The number of primary amides is 1. The molecule has 2 N–H and O–H groups in total. The highest BCUT2D eigenvalue weighted by Gasteiger charge is 2.28. The molecule has 16 heavy (non-hydrogen) atoms. The predicted molar refractivity (Wildman–Crippen MR) is 61.4 cm³/mol. The number of fused-ring (bicyclic) bond motifs is 2. The number of rotatable bonds is 1. The summed E-state index contributed by atoms with van der Waals surface area (Å²) < 4.78 is 5.48. The average Bonchev–Trinajstić information content (AvgIpc) is 2.68. The molecule has 1 atom stereocenters. The first kappa shape index (κ1) is 9.21. The molecule has 80 valence electrons. The molecule has 3 rings (SSSR count). The van der Waals surface area contributed by atoms with Crippen LogP contribution in [-0.2, 0) is 4.79 Å². The van der Waals surface area contributed by atoms with Gasteiger partial charge in [-0.05, 0) is 22.9 Å². The molecular formula is C13H11NO2. The lowest BCUT2D eigenvalue weighted by molar-refractivity contribution is -0.119. The predicted octanol–water partition coefficient (Wildman–Crippen LogP) is 1.80. The lowest BCUT2D eigenvalue weighted by atomic mass is 9.97. The fourth-order valence-corrected chi connectivity index (χ4v) is 2.13. The van der Waals surface area contributed by atoms with Crippen molar-refractivity contribution in [3.05, 3.63) is 42.0 Å². The smallest absolute Gasteiger partial charge is 0.228 e. The summed E-state index contributed by atoms with van der Waals surface area (Å²) in [4.78, 5) is 11.2. The van der Waals surface area contributed by atoms with E-state index in [1.165, 1.54) is 0 Å². The maximum Gasteiger partial charge on any atom is 0.228 e. The molecule has 1 aliphatic heterocycles. The summed E-state index contributed by atoms with van der Waals surface area (Å²) >= 11 is 0. The molecule has 1 unspecified atom stereocenters. The summed E-state index contributed by atoms with van der Waals surface area (Å²) in [5, 5.41) is 2.23. The van der Waals surface area contributed by atoms with Crippen molar-refractivity contribution in [3.63, 3.8) is 0 Å². The van der Waals surface area contributed by atoms with Crippen molar-refractivity contribution >= 4 is 16.7 Å². The molecule has 0 spiro atoms. The molecule has 3 heteroatoms. The first-order chi connectivity index (χ1) is 7.75. The SMILES string of the molecule is NC(=O)C1COc2cc3ccccc3cc21. The Hall–Kier alpha value is -2.03. The monoisotopic (exact) mass is 213 g/mol. The molecule has 2 aromatic rings. The zero-order valence-electron chi connectivity index (χ0n) is 8.64. The van der Waals surface area contributed by atoms with E-state index in [2.05, 4.69) is 0 Å². The number of carbonyl (C=O) groups is 1. The van der Waals surface area contributed by atoms with E-state index in [-0.39, 0.29) is 11.8 Å². The molecule has 0 aromatic heterocycles. The molecule has 0 bridgehead atoms. The zero-order chi connectivity index (χ0) is 11.1. The zero-order valence-corrected chi connectivity index (χ0v) is 8.64. The van der Waals surface area contributed by atoms with Gasteiger partial charge in [-0.25, -0.2) is 0 Å². The van der Waals surface area contributed by atoms with Crippen LogP contribution in [0.25, 0.3) is 10.8 Å². The van der Waals surface area contributed by atoms with E-state index in [9.17, 15) is 4.79 Å². The van der Waals surface area contributed by atoms with Crippen molar-refractivity contribution in [2.24, 2.45) is 5.73 Å². The number of hydrogen-bond donors (Lipinski definition) is 1. The van der Waals surface area contributed by atoms with E-state index < -0.39 is 0 Å². The standard InChI is InChI=1S/C13H11NO2/c14-13(15)11-7-16-12-6-9-4-2-1-3-8(9)5-10(11)12/h1-6,11H,7H2,(H2,14,15). The maximum atomic E-state index is 11.2. The molecule has 0 aliphatic carbocycles. The van der Waals surface area contributed by atoms with Gasteiger partial charge in [0.25, 0.3) is 0 Å². The van der Waals surface area contributed by atoms with E-state index in [4.69, 9.17) is 10.5 Å². The molecule has 0 saturated carbocycles. The van der Waals surface area contributed by atoms with Crippen molar-refractivity contribution in [2.75, 3.05) is 6.61 Å². The van der Waals surface area contributed by atoms with Crippen molar-refractivity contribution in [3.8, 4) is 5.75 Å².